The largest absolute Gasteiger partial charge is 0.399 e. The zero-order valence-electron chi connectivity index (χ0n) is 9.02. The van der Waals surface area contributed by atoms with E-state index >= 15 is 0 Å². The molecule has 1 amide bonds. The maximum atomic E-state index is 11.6. The van der Waals surface area contributed by atoms with E-state index in [9.17, 15) is 4.79 Å². The SMILES string of the molecule is CCCCC(=O)Nc1c(Br)cc(N)cc1Br. The van der Waals surface area contributed by atoms with Gasteiger partial charge in [-0.25, -0.2) is 0 Å². The molecule has 0 unspecified atom stereocenters. The van der Waals surface area contributed by atoms with Crippen LogP contribution in [0, 0.1) is 0 Å². The summed E-state index contributed by atoms with van der Waals surface area (Å²) < 4.78 is 1.56. The van der Waals surface area contributed by atoms with Gasteiger partial charge in [0.1, 0.15) is 0 Å². The summed E-state index contributed by atoms with van der Waals surface area (Å²) in [6, 6.07) is 3.53. The van der Waals surface area contributed by atoms with Gasteiger partial charge in [-0.05, 0) is 50.4 Å². The minimum absolute atomic E-state index is 0.0213. The van der Waals surface area contributed by atoms with E-state index in [1.54, 1.807) is 12.1 Å². The third kappa shape index (κ3) is 3.79. The molecule has 3 nitrogen and oxygen atoms in total. The minimum Gasteiger partial charge on any atom is -0.399 e. The van der Waals surface area contributed by atoms with Crippen LogP contribution in [-0.2, 0) is 4.79 Å². The number of carbonyl (C=O) groups is 1. The Labute approximate surface area is 112 Å². The molecule has 1 aromatic carbocycles. The predicted octanol–water partition coefficient (Wildman–Crippen LogP) is 3.92. The van der Waals surface area contributed by atoms with E-state index in [4.69, 9.17) is 5.73 Å². The number of unbranched alkanes of at least 4 members (excludes halogenated alkanes) is 1. The molecule has 88 valence electrons. The van der Waals surface area contributed by atoms with Gasteiger partial charge in [0.25, 0.3) is 0 Å². The normalized spacial score (nSPS) is 10.2. The second-order valence-corrected chi connectivity index (χ2v) is 5.22. The van der Waals surface area contributed by atoms with E-state index in [1.807, 2.05) is 0 Å². The van der Waals surface area contributed by atoms with Gasteiger partial charge >= 0.3 is 0 Å². The highest BCUT2D eigenvalue weighted by Crippen LogP contribution is 2.33. The lowest BCUT2D eigenvalue weighted by atomic mass is 10.2. The van der Waals surface area contributed by atoms with E-state index in [2.05, 4.69) is 44.1 Å². The lowest BCUT2D eigenvalue weighted by Crippen LogP contribution is -2.12. The summed E-state index contributed by atoms with van der Waals surface area (Å²) in [6.07, 6.45) is 2.45. The number of carbonyl (C=O) groups excluding carboxylic acids is 1. The first-order chi connectivity index (χ1) is 7.54. The molecule has 0 saturated carbocycles. The van der Waals surface area contributed by atoms with E-state index in [1.165, 1.54) is 0 Å². The number of halogens is 2. The first kappa shape index (κ1) is 13.5. The molecular weight excluding hydrogens is 336 g/mol. The van der Waals surface area contributed by atoms with Crippen molar-refractivity contribution in [3.63, 3.8) is 0 Å². The summed E-state index contributed by atoms with van der Waals surface area (Å²) in [6.45, 7) is 2.06. The molecular formula is C11H14Br2N2O. The number of hydrogen-bond acceptors (Lipinski definition) is 2. The van der Waals surface area contributed by atoms with Crippen LogP contribution < -0.4 is 11.1 Å². The summed E-state index contributed by atoms with van der Waals surface area (Å²) in [5, 5.41) is 2.85. The Hall–Kier alpha value is -0.550. The lowest BCUT2D eigenvalue weighted by molar-refractivity contribution is -0.116. The van der Waals surface area contributed by atoms with Crippen LogP contribution in [0.25, 0.3) is 0 Å². The number of nitrogens with two attached hydrogens (primary N) is 1. The summed E-state index contributed by atoms with van der Waals surface area (Å²) in [5.41, 5.74) is 7.04. The predicted molar refractivity (Wildman–Crippen MR) is 74.4 cm³/mol. The lowest BCUT2D eigenvalue weighted by Gasteiger charge is -2.10. The van der Waals surface area contributed by atoms with Crippen molar-refractivity contribution in [1.29, 1.82) is 0 Å². The third-order valence-corrected chi connectivity index (χ3v) is 3.34. The fourth-order valence-electron chi connectivity index (χ4n) is 1.25. The van der Waals surface area contributed by atoms with Gasteiger partial charge in [0.05, 0.1) is 5.69 Å². The van der Waals surface area contributed by atoms with Gasteiger partial charge < -0.3 is 11.1 Å². The second-order valence-electron chi connectivity index (χ2n) is 3.51. The van der Waals surface area contributed by atoms with Crippen LogP contribution >= 0.6 is 31.9 Å². The molecule has 0 bridgehead atoms. The van der Waals surface area contributed by atoms with E-state index in [0.29, 0.717) is 12.1 Å². The van der Waals surface area contributed by atoms with Crippen LogP contribution in [0.3, 0.4) is 0 Å². The molecule has 0 heterocycles. The molecule has 0 spiro atoms. The summed E-state index contributed by atoms with van der Waals surface area (Å²) in [5.74, 6) is 0.0213. The van der Waals surface area contributed by atoms with Gasteiger partial charge in [-0.1, -0.05) is 13.3 Å². The van der Waals surface area contributed by atoms with Crippen LogP contribution in [0.4, 0.5) is 11.4 Å². The van der Waals surface area contributed by atoms with Gasteiger partial charge in [-0.15, -0.1) is 0 Å². The van der Waals surface area contributed by atoms with Crippen molar-refractivity contribution in [3.05, 3.63) is 21.1 Å². The van der Waals surface area contributed by atoms with E-state index < -0.39 is 0 Å². The van der Waals surface area contributed by atoms with Crippen molar-refractivity contribution in [3.8, 4) is 0 Å². The molecule has 1 rings (SSSR count). The Morgan fingerprint density at radius 1 is 1.38 bits per heavy atom. The highest BCUT2D eigenvalue weighted by molar-refractivity contribution is 9.11. The third-order valence-electron chi connectivity index (χ3n) is 2.09. The fourth-order valence-corrected chi connectivity index (χ4v) is 2.67. The van der Waals surface area contributed by atoms with Crippen LogP contribution in [0.5, 0.6) is 0 Å². The Morgan fingerprint density at radius 3 is 2.44 bits per heavy atom. The Kier molecular flexibility index (Phi) is 5.28. The highest BCUT2D eigenvalue weighted by atomic mass is 79.9. The molecule has 0 aromatic heterocycles. The van der Waals surface area contributed by atoms with Crippen molar-refractivity contribution in [2.45, 2.75) is 26.2 Å². The summed E-state index contributed by atoms with van der Waals surface area (Å²) in [4.78, 5) is 11.6. The van der Waals surface area contributed by atoms with Crippen molar-refractivity contribution < 1.29 is 4.79 Å². The van der Waals surface area contributed by atoms with Crippen molar-refractivity contribution in [2.75, 3.05) is 11.1 Å². The van der Waals surface area contributed by atoms with E-state index in [0.717, 1.165) is 27.5 Å². The minimum atomic E-state index is 0.0213. The summed E-state index contributed by atoms with van der Waals surface area (Å²) in [7, 11) is 0. The first-order valence-corrected chi connectivity index (χ1v) is 6.67. The number of anilines is 2. The molecule has 0 aliphatic heterocycles. The number of benzene rings is 1. The molecule has 5 heteroatoms. The molecule has 1 aromatic rings. The second kappa shape index (κ2) is 6.25. The van der Waals surface area contributed by atoms with Crippen molar-refractivity contribution in [1.82, 2.24) is 0 Å². The molecule has 0 radical (unpaired) electrons. The molecule has 3 N–H and O–H groups in total. The fraction of sp³-hybridized carbons (Fsp3) is 0.364. The molecule has 0 atom stereocenters. The highest BCUT2D eigenvalue weighted by Gasteiger charge is 2.09. The molecule has 0 aliphatic carbocycles. The Balaban J connectivity index is 2.77. The number of hydrogen-bond donors (Lipinski definition) is 2. The smallest absolute Gasteiger partial charge is 0.224 e. The van der Waals surface area contributed by atoms with Gasteiger partial charge in [0.2, 0.25) is 5.91 Å². The zero-order chi connectivity index (χ0) is 12.1. The van der Waals surface area contributed by atoms with Gasteiger partial charge in [0.15, 0.2) is 0 Å². The van der Waals surface area contributed by atoms with Crippen molar-refractivity contribution >= 4 is 49.1 Å². The van der Waals surface area contributed by atoms with Gasteiger partial charge in [-0.2, -0.15) is 0 Å². The maximum absolute atomic E-state index is 11.6. The van der Waals surface area contributed by atoms with Crippen LogP contribution in [0.1, 0.15) is 26.2 Å². The quantitative estimate of drug-likeness (QED) is 0.809. The maximum Gasteiger partial charge on any atom is 0.224 e. The molecule has 0 fully saturated rings. The standard InChI is InChI=1S/C11H14Br2N2O/c1-2-3-4-10(16)15-11-8(12)5-7(14)6-9(11)13/h5-6H,2-4,14H2,1H3,(H,15,16). The molecule has 0 saturated heterocycles. The average Bonchev–Trinajstić information content (AvgIpc) is 2.20. The number of amides is 1. The van der Waals surface area contributed by atoms with E-state index in [-0.39, 0.29) is 5.91 Å². The number of rotatable bonds is 4. The first-order valence-electron chi connectivity index (χ1n) is 5.09. The molecule has 16 heavy (non-hydrogen) atoms. The Morgan fingerprint density at radius 2 is 1.94 bits per heavy atom. The number of nitrogens with one attached hydrogen (secondary N) is 1. The topological polar surface area (TPSA) is 55.1 Å². The average molecular weight is 350 g/mol. The van der Waals surface area contributed by atoms with Crippen molar-refractivity contribution in [2.24, 2.45) is 0 Å². The van der Waals surface area contributed by atoms with Gasteiger partial charge in [0, 0.05) is 21.1 Å². The van der Waals surface area contributed by atoms with Crippen LogP contribution in [0.2, 0.25) is 0 Å². The monoisotopic (exact) mass is 348 g/mol. The summed E-state index contributed by atoms with van der Waals surface area (Å²) >= 11 is 6.74. The molecule has 0 aliphatic rings. The Bertz CT molecular complexity index is 371. The van der Waals surface area contributed by atoms with Gasteiger partial charge in [-0.3, -0.25) is 4.79 Å². The number of nitrogen functional groups attached to an aromatic ring is 1. The van der Waals surface area contributed by atoms with Crippen LogP contribution in [0.15, 0.2) is 21.1 Å². The van der Waals surface area contributed by atoms with Crippen LogP contribution in [-0.4, -0.2) is 5.91 Å². The zero-order valence-corrected chi connectivity index (χ0v) is 12.2.